The molecule has 0 amide bonds. The maximum Gasteiger partial charge on any atom is 0.142 e. The van der Waals surface area contributed by atoms with Gasteiger partial charge in [-0.25, -0.2) is 0 Å². The molecule has 0 bridgehead atoms. The van der Waals surface area contributed by atoms with Crippen LogP contribution in [-0.4, -0.2) is 18.9 Å². The van der Waals surface area contributed by atoms with Gasteiger partial charge in [0, 0.05) is 24.5 Å². The number of rotatable bonds is 1. The van der Waals surface area contributed by atoms with Crippen LogP contribution in [0.25, 0.3) is 0 Å². The molecule has 0 radical (unpaired) electrons. The van der Waals surface area contributed by atoms with E-state index in [0.717, 1.165) is 18.7 Å². The van der Waals surface area contributed by atoms with Crippen molar-refractivity contribution in [2.45, 2.75) is 12.3 Å². The van der Waals surface area contributed by atoms with Crippen LogP contribution in [0.1, 0.15) is 17.9 Å². The summed E-state index contributed by atoms with van der Waals surface area (Å²) in [4.78, 5) is 11.6. The molecule has 3 heteroatoms. The average molecular weight is 210 g/mol. The third-order valence-electron chi connectivity index (χ3n) is 2.54. The van der Waals surface area contributed by atoms with Crippen LogP contribution in [0, 0.1) is 0 Å². The van der Waals surface area contributed by atoms with Gasteiger partial charge in [-0.3, -0.25) is 4.79 Å². The van der Waals surface area contributed by atoms with Crippen LogP contribution in [-0.2, 0) is 4.79 Å². The molecule has 1 unspecified atom stereocenters. The number of piperidine rings is 1. The lowest BCUT2D eigenvalue weighted by Crippen LogP contribution is -2.35. The van der Waals surface area contributed by atoms with Crippen LogP contribution in [0.5, 0.6) is 0 Å². The van der Waals surface area contributed by atoms with E-state index in [4.69, 9.17) is 11.6 Å². The summed E-state index contributed by atoms with van der Waals surface area (Å²) in [6, 6.07) is 7.55. The number of nitrogens with one attached hydrogen (secondary N) is 1. The first-order valence-electron chi connectivity index (χ1n) is 4.76. The van der Waals surface area contributed by atoms with Crippen LogP contribution in [0.3, 0.4) is 0 Å². The Morgan fingerprint density at radius 3 is 3.00 bits per heavy atom. The van der Waals surface area contributed by atoms with Crippen LogP contribution in [0.2, 0.25) is 5.02 Å². The molecule has 1 fully saturated rings. The zero-order chi connectivity index (χ0) is 9.97. The van der Waals surface area contributed by atoms with Crippen LogP contribution < -0.4 is 5.32 Å². The molecule has 2 nitrogen and oxygen atoms in total. The SMILES string of the molecule is O=C1CCNCC1c1cccc(Cl)c1. The lowest BCUT2D eigenvalue weighted by atomic mass is 9.90. The van der Waals surface area contributed by atoms with Crippen LogP contribution in [0.4, 0.5) is 0 Å². The normalized spacial score (nSPS) is 22.4. The Morgan fingerprint density at radius 1 is 1.43 bits per heavy atom. The summed E-state index contributed by atoms with van der Waals surface area (Å²) in [7, 11) is 0. The second-order valence-corrected chi connectivity index (χ2v) is 3.96. The highest BCUT2D eigenvalue weighted by atomic mass is 35.5. The third-order valence-corrected chi connectivity index (χ3v) is 2.77. The van der Waals surface area contributed by atoms with Crippen molar-refractivity contribution in [1.82, 2.24) is 5.32 Å². The van der Waals surface area contributed by atoms with Gasteiger partial charge in [0.15, 0.2) is 0 Å². The maximum atomic E-state index is 11.6. The number of benzene rings is 1. The quantitative estimate of drug-likeness (QED) is 0.767. The zero-order valence-electron chi connectivity index (χ0n) is 7.79. The van der Waals surface area contributed by atoms with Crippen molar-refractivity contribution in [3.8, 4) is 0 Å². The van der Waals surface area contributed by atoms with Crippen LogP contribution in [0.15, 0.2) is 24.3 Å². The molecule has 1 aromatic rings. The molecule has 1 heterocycles. The second-order valence-electron chi connectivity index (χ2n) is 3.53. The molecule has 1 atom stereocenters. The van der Waals surface area contributed by atoms with Gasteiger partial charge in [-0.2, -0.15) is 0 Å². The van der Waals surface area contributed by atoms with Gasteiger partial charge in [0.05, 0.1) is 5.92 Å². The molecule has 1 aliphatic heterocycles. The fraction of sp³-hybridized carbons (Fsp3) is 0.364. The van der Waals surface area contributed by atoms with E-state index in [2.05, 4.69) is 5.32 Å². The highest BCUT2D eigenvalue weighted by Gasteiger charge is 2.23. The van der Waals surface area contributed by atoms with E-state index >= 15 is 0 Å². The first kappa shape index (κ1) is 9.69. The van der Waals surface area contributed by atoms with E-state index in [1.807, 2.05) is 24.3 Å². The van der Waals surface area contributed by atoms with Crippen molar-refractivity contribution >= 4 is 17.4 Å². The predicted molar refractivity (Wildman–Crippen MR) is 56.7 cm³/mol. The van der Waals surface area contributed by atoms with Crippen molar-refractivity contribution in [1.29, 1.82) is 0 Å². The van der Waals surface area contributed by atoms with E-state index in [9.17, 15) is 4.79 Å². The predicted octanol–water partition coefficient (Wildman–Crippen LogP) is 1.99. The summed E-state index contributed by atoms with van der Waals surface area (Å²) in [5.41, 5.74) is 1.02. The molecule has 0 saturated carbocycles. The summed E-state index contributed by atoms with van der Waals surface area (Å²) >= 11 is 5.88. The van der Waals surface area contributed by atoms with E-state index in [-0.39, 0.29) is 5.92 Å². The molecule has 2 rings (SSSR count). The van der Waals surface area contributed by atoms with Gasteiger partial charge in [0.1, 0.15) is 5.78 Å². The standard InChI is InChI=1S/C11H12ClNO/c12-9-3-1-2-8(6-9)10-7-13-5-4-11(10)14/h1-3,6,10,13H,4-5,7H2. The molecule has 0 aromatic heterocycles. The summed E-state index contributed by atoms with van der Waals surface area (Å²) < 4.78 is 0. The number of halogens is 1. The number of hydrogen-bond acceptors (Lipinski definition) is 2. The fourth-order valence-corrected chi connectivity index (χ4v) is 1.97. The summed E-state index contributed by atoms with van der Waals surface area (Å²) in [5.74, 6) is 0.300. The molecule has 1 saturated heterocycles. The number of carbonyl (C=O) groups excluding carboxylic acids is 1. The minimum atomic E-state index is -0.0116. The Labute approximate surface area is 88.3 Å². The first-order chi connectivity index (χ1) is 6.77. The number of Topliss-reactive ketones (excluding diaryl/α,β-unsaturated/α-hetero) is 1. The smallest absolute Gasteiger partial charge is 0.142 e. The molecular formula is C11H12ClNO. The average Bonchev–Trinajstić information content (AvgIpc) is 2.18. The van der Waals surface area contributed by atoms with Gasteiger partial charge in [0.25, 0.3) is 0 Å². The molecule has 1 aliphatic rings. The molecule has 0 aliphatic carbocycles. The first-order valence-corrected chi connectivity index (χ1v) is 5.14. The third kappa shape index (κ3) is 1.97. The Hall–Kier alpha value is -0.860. The van der Waals surface area contributed by atoms with Crippen molar-refractivity contribution in [2.75, 3.05) is 13.1 Å². The minimum absolute atomic E-state index is 0.0116. The summed E-state index contributed by atoms with van der Waals surface area (Å²) in [6.07, 6.45) is 0.622. The lowest BCUT2D eigenvalue weighted by Gasteiger charge is -2.21. The lowest BCUT2D eigenvalue weighted by molar-refractivity contribution is -0.121. The van der Waals surface area contributed by atoms with Gasteiger partial charge >= 0.3 is 0 Å². The van der Waals surface area contributed by atoms with Crippen LogP contribution >= 0.6 is 11.6 Å². The Morgan fingerprint density at radius 2 is 2.29 bits per heavy atom. The highest BCUT2D eigenvalue weighted by molar-refractivity contribution is 6.30. The number of ketones is 1. The Balaban J connectivity index is 2.24. The molecule has 1 N–H and O–H groups in total. The highest BCUT2D eigenvalue weighted by Crippen LogP contribution is 2.22. The topological polar surface area (TPSA) is 29.1 Å². The summed E-state index contributed by atoms with van der Waals surface area (Å²) in [6.45, 7) is 1.54. The molecule has 1 aromatic carbocycles. The van der Waals surface area contributed by atoms with Gasteiger partial charge < -0.3 is 5.32 Å². The maximum absolute atomic E-state index is 11.6. The monoisotopic (exact) mass is 209 g/mol. The van der Waals surface area contributed by atoms with E-state index in [1.165, 1.54) is 0 Å². The van der Waals surface area contributed by atoms with Crippen molar-refractivity contribution in [3.63, 3.8) is 0 Å². The Bertz CT molecular complexity index is 351. The fourth-order valence-electron chi connectivity index (χ4n) is 1.77. The van der Waals surface area contributed by atoms with Gasteiger partial charge in [-0.15, -0.1) is 0 Å². The van der Waals surface area contributed by atoms with E-state index in [1.54, 1.807) is 0 Å². The van der Waals surface area contributed by atoms with Crippen molar-refractivity contribution < 1.29 is 4.79 Å². The molecular weight excluding hydrogens is 198 g/mol. The minimum Gasteiger partial charge on any atom is -0.315 e. The van der Waals surface area contributed by atoms with E-state index < -0.39 is 0 Å². The van der Waals surface area contributed by atoms with Crippen molar-refractivity contribution in [2.24, 2.45) is 0 Å². The zero-order valence-corrected chi connectivity index (χ0v) is 8.55. The van der Waals surface area contributed by atoms with E-state index in [0.29, 0.717) is 17.2 Å². The molecule has 14 heavy (non-hydrogen) atoms. The summed E-state index contributed by atoms with van der Waals surface area (Å²) in [5, 5.41) is 3.91. The van der Waals surface area contributed by atoms with Gasteiger partial charge in [-0.1, -0.05) is 23.7 Å². The number of hydrogen-bond donors (Lipinski definition) is 1. The van der Waals surface area contributed by atoms with Gasteiger partial charge in [0.2, 0.25) is 0 Å². The van der Waals surface area contributed by atoms with Crippen molar-refractivity contribution in [3.05, 3.63) is 34.9 Å². The number of carbonyl (C=O) groups is 1. The van der Waals surface area contributed by atoms with Gasteiger partial charge in [-0.05, 0) is 17.7 Å². The second kappa shape index (κ2) is 4.11. The molecule has 0 spiro atoms. The Kier molecular flexibility index (Phi) is 2.85. The largest absolute Gasteiger partial charge is 0.315 e. The molecule has 74 valence electrons.